The second-order valence-corrected chi connectivity index (χ2v) is 5.12. The Kier molecular flexibility index (Phi) is 5.49. The lowest BCUT2D eigenvalue weighted by Crippen LogP contribution is -2.44. The molecule has 110 valence electrons. The van der Waals surface area contributed by atoms with E-state index in [4.69, 9.17) is 5.11 Å². The Labute approximate surface area is 117 Å². The molecule has 0 spiro atoms. The van der Waals surface area contributed by atoms with Gasteiger partial charge in [0, 0.05) is 25.2 Å². The fourth-order valence-electron chi connectivity index (χ4n) is 1.81. The number of carboxylic acid groups (broad SMARTS) is 1. The van der Waals surface area contributed by atoms with Crippen LogP contribution in [0.4, 0.5) is 0 Å². The van der Waals surface area contributed by atoms with Crippen molar-refractivity contribution < 1.29 is 14.7 Å². The molecule has 0 radical (unpaired) electrons. The molecule has 0 saturated carbocycles. The Morgan fingerprint density at radius 3 is 2.55 bits per heavy atom. The van der Waals surface area contributed by atoms with E-state index in [1.165, 1.54) is 10.6 Å². The molecule has 0 saturated heterocycles. The smallest absolute Gasteiger partial charge is 0.326 e. The quantitative estimate of drug-likeness (QED) is 0.805. The number of rotatable bonds is 6. The van der Waals surface area contributed by atoms with E-state index in [9.17, 15) is 14.4 Å². The first-order chi connectivity index (χ1) is 9.31. The molecule has 6 heteroatoms. The number of pyridine rings is 1. The minimum atomic E-state index is -1.05. The predicted molar refractivity (Wildman–Crippen MR) is 74.5 cm³/mol. The van der Waals surface area contributed by atoms with Crippen molar-refractivity contribution in [3.05, 3.63) is 34.2 Å². The minimum absolute atomic E-state index is 0.0693. The van der Waals surface area contributed by atoms with E-state index in [1.54, 1.807) is 26.1 Å². The number of nitrogens with zero attached hydrogens (tertiary/aromatic N) is 1. The number of nitrogens with one attached hydrogen (secondary N) is 1. The Morgan fingerprint density at radius 1 is 1.35 bits per heavy atom. The zero-order chi connectivity index (χ0) is 15.3. The lowest BCUT2D eigenvalue weighted by Gasteiger charge is -2.18. The standard InChI is InChI=1S/C14H20N2O4/c1-9(2)13(14(19)20)15-11(17)6-7-16-8-10(3)4-5-12(16)18/h4-5,8-9,13H,6-7H2,1-3H3,(H,15,17)(H,19,20). The van der Waals surface area contributed by atoms with Gasteiger partial charge in [-0.3, -0.25) is 9.59 Å². The Bertz CT molecular complexity index is 548. The number of carboxylic acids is 1. The summed E-state index contributed by atoms with van der Waals surface area (Å²) in [4.78, 5) is 34.3. The van der Waals surface area contributed by atoms with Gasteiger partial charge in [0.15, 0.2) is 0 Å². The fraction of sp³-hybridized carbons (Fsp3) is 0.500. The maximum Gasteiger partial charge on any atom is 0.326 e. The molecule has 1 aromatic heterocycles. The van der Waals surface area contributed by atoms with Gasteiger partial charge in [-0.2, -0.15) is 0 Å². The first kappa shape index (κ1) is 15.9. The number of amides is 1. The van der Waals surface area contributed by atoms with Crippen LogP contribution in [0, 0.1) is 12.8 Å². The van der Waals surface area contributed by atoms with Crippen LogP contribution in [0.3, 0.4) is 0 Å². The topological polar surface area (TPSA) is 88.4 Å². The number of aromatic nitrogens is 1. The lowest BCUT2D eigenvalue weighted by atomic mass is 10.0. The van der Waals surface area contributed by atoms with Gasteiger partial charge in [-0.05, 0) is 18.4 Å². The highest BCUT2D eigenvalue weighted by molar-refractivity contribution is 5.83. The third kappa shape index (κ3) is 4.53. The van der Waals surface area contributed by atoms with Crippen molar-refractivity contribution in [2.45, 2.75) is 39.8 Å². The molecular weight excluding hydrogens is 260 g/mol. The van der Waals surface area contributed by atoms with E-state index < -0.39 is 12.0 Å². The van der Waals surface area contributed by atoms with Crippen LogP contribution >= 0.6 is 0 Å². The van der Waals surface area contributed by atoms with E-state index in [0.29, 0.717) is 0 Å². The summed E-state index contributed by atoms with van der Waals surface area (Å²) < 4.78 is 1.44. The molecule has 1 heterocycles. The first-order valence-electron chi connectivity index (χ1n) is 6.50. The highest BCUT2D eigenvalue weighted by Crippen LogP contribution is 2.02. The van der Waals surface area contributed by atoms with Crippen molar-refractivity contribution in [3.8, 4) is 0 Å². The number of carbonyl (C=O) groups excluding carboxylic acids is 1. The second kappa shape index (κ2) is 6.88. The number of aliphatic carboxylic acids is 1. The molecule has 1 unspecified atom stereocenters. The van der Waals surface area contributed by atoms with E-state index in [-0.39, 0.29) is 30.3 Å². The molecule has 0 fully saturated rings. The minimum Gasteiger partial charge on any atom is -0.480 e. The predicted octanol–water partition coefficient (Wildman–Crippen LogP) is 0.772. The molecule has 1 atom stereocenters. The SMILES string of the molecule is Cc1ccc(=O)n(CCC(=O)NC(C(=O)O)C(C)C)c1. The van der Waals surface area contributed by atoms with Crippen LogP contribution in [-0.4, -0.2) is 27.6 Å². The molecule has 0 aliphatic carbocycles. The van der Waals surface area contributed by atoms with Crippen molar-refractivity contribution in [3.63, 3.8) is 0 Å². The molecule has 20 heavy (non-hydrogen) atoms. The second-order valence-electron chi connectivity index (χ2n) is 5.12. The van der Waals surface area contributed by atoms with Gasteiger partial charge in [-0.1, -0.05) is 19.9 Å². The van der Waals surface area contributed by atoms with Gasteiger partial charge in [-0.15, -0.1) is 0 Å². The molecule has 0 aliphatic rings. The molecule has 6 nitrogen and oxygen atoms in total. The van der Waals surface area contributed by atoms with Crippen LogP contribution in [0.2, 0.25) is 0 Å². The third-order valence-corrected chi connectivity index (χ3v) is 2.96. The average molecular weight is 280 g/mol. The summed E-state index contributed by atoms with van der Waals surface area (Å²) in [5, 5.41) is 11.5. The summed E-state index contributed by atoms with van der Waals surface area (Å²) in [6, 6.07) is 2.25. The number of aryl methyl sites for hydroxylation is 2. The zero-order valence-corrected chi connectivity index (χ0v) is 11.9. The fourth-order valence-corrected chi connectivity index (χ4v) is 1.81. The van der Waals surface area contributed by atoms with Crippen molar-refractivity contribution in [2.24, 2.45) is 5.92 Å². The molecule has 1 rings (SSSR count). The highest BCUT2D eigenvalue weighted by Gasteiger charge is 2.23. The van der Waals surface area contributed by atoms with Gasteiger partial charge in [-0.25, -0.2) is 4.79 Å². The number of hydrogen-bond donors (Lipinski definition) is 2. The van der Waals surface area contributed by atoms with Crippen molar-refractivity contribution >= 4 is 11.9 Å². The summed E-state index contributed by atoms with van der Waals surface area (Å²) in [6.45, 7) is 5.54. The third-order valence-electron chi connectivity index (χ3n) is 2.96. The van der Waals surface area contributed by atoms with Crippen LogP contribution in [-0.2, 0) is 16.1 Å². The van der Waals surface area contributed by atoms with Crippen LogP contribution in [0.15, 0.2) is 23.1 Å². The van der Waals surface area contributed by atoms with Crippen molar-refractivity contribution in [1.82, 2.24) is 9.88 Å². The molecule has 0 aromatic carbocycles. The van der Waals surface area contributed by atoms with Gasteiger partial charge in [0.05, 0.1) is 0 Å². The normalized spacial score (nSPS) is 12.2. The average Bonchev–Trinajstić information content (AvgIpc) is 2.36. The van der Waals surface area contributed by atoms with E-state index in [1.807, 2.05) is 6.92 Å². The summed E-state index contributed by atoms with van der Waals surface area (Å²) >= 11 is 0. The van der Waals surface area contributed by atoms with E-state index in [0.717, 1.165) is 5.56 Å². The highest BCUT2D eigenvalue weighted by atomic mass is 16.4. The molecule has 0 bridgehead atoms. The monoisotopic (exact) mass is 280 g/mol. The summed E-state index contributed by atoms with van der Waals surface area (Å²) in [7, 11) is 0. The van der Waals surface area contributed by atoms with Crippen molar-refractivity contribution in [2.75, 3.05) is 0 Å². The summed E-state index contributed by atoms with van der Waals surface area (Å²) in [6.07, 6.45) is 1.74. The van der Waals surface area contributed by atoms with Crippen LogP contribution in [0.1, 0.15) is 25.8 Å². The molecular formula is C14H20N2O4. The van der Waals surface area contributed by atoms with Crippen molar-refractivity contribution in [1.29, 1.82) is 0 Å². The van der Waals surface area contributed by atoms with Gasteiger partial charge in [0.2, 0.25) is 5.91 Å². The van der Waals surface area contributed by atoms with Crippen LogP contribution < -0.4 is 10.9 Å². The van der Waals surface area contributed by atoms with Gasteiger partial charge < -0.3 is 15.0 Å². The Hall–Kier alpha value is -2.11. The summed E-state index contributed by atoms with van der Waals surface area (Å²) in [5.74, 6) is -1.63. The molecule has 2 N–H and O–H groups in total. The zero-order valence-electron chi connectivity index (χ0n) is 11.9. The van der Waals surface area contributed by atoms with Gasteiger partial charge in [0.1, 0.15) is 6.04 Å². The Balaban J connectivity index is 2.61. The number of carbonyl (C=O) groups is 2. The largest absolute Gasteiger partial charge is 0.480 e. The lowest BCUT2D eigenvalue weighted by molar-refractivity contribution is -0.143. The molecule has 1 aromatic rings. The van der Waals surface area contributed by atoms with Crippen LogP contribution in [0.5, 0.6) is 0 Å². The summed E-state index contributed by atoms with van der Waals surface area (Å²) in [5.41, 5.74) is 0.748. The molecule has 1 amide bonds. The maximum atomic E-state index is 11.7. The maximum absolute atomic E-state index is 11.7. The van der Waals surface area contributed by atoms with E-state index in [2.05, 4.69) is 5.32 Å². The molecule has 0 aliphatic heterocycles. The van der Waals surface area contributed by atoms with Crippen LogP contribution in [0.25, 0.3) is 0 Å². The first-order valence-corrected chi connectivity index (χ1v) is 6.50. The van der Waals surface area contributed by atoms with E-state index >= 15 is 0 Å². The Morgan fingerprint density at radius 2 is 2.00 bits per heavy atom. The van der Waals surface area contributed by atoms with Gasteiger partial charge >= 0.3 is 5.97 Å². The van der Waals surface area contributed by atoms with Gasteiger partial charge in [0.25, 0.3) is 5.56 Å². The number of hydrogen-bond acceptors (Lipinski definition) is 3.